The summed E-state index contributed by atoms with van der Waals surface area (Å²) in [6.45, 7) is 9.30. The van der Waals surface area contributed by atoms with Crippen LogP contribution in [0.3, 0.4) is 0 Å². The molecule has 0 radical (unpaired) electrons. The van der Waals surface area contributed by atoms with E-state index in [0.717, 1.165) is 51.8 Å². The number of aromatic nitrogens is 4. The predicted molar refractivity (Wildman–Crippen MR) is 90.4 cm³/mol. The minimum Gasteiger partial charge on any atom is -0.338 e. The Morgan fingerprint density at radius 3 is 2.57 bits per heavy atom. The van der Waals surface area contributed by atoms with Gasteiger partial charge in [0.05, 0.1) is 6.54 Å². The van der Waals surface area contributed by atoms with Crippen molar-refractivity contribution in [1.29, 1.82) is 0 Å². The summed E-state index contributed by atoms with van der Waals surface area (Å²) in [4.78, 5) is 13.4. The van der Waals surface area contributed by atoms with Crippen LogP contribution >= 0.6 is 0 Å². The fraction of sp³-hybridized carbons (Fsp3) is 0.562. The van der Waals surface area contributed by atoms with Gasteiger partial charge in [-0.25, -0.2) is 9.97 Å². The molecule has 124 valence electrons. The summed E-state index contributed by atoms with van der Waals surface area (Å²) in [6, 6.07) is 4.24. The van der Waals surface area contributed by atoms with Crippen LogP contribution in [-0.4, -0.2) is 70.0 Å². The number of rotatable bonds is 7. The Bertz CT molecular complexity index is 549. The lowest BCUT2D eigenvalue weighted by atomic mass is 10.3. The van der Waals surface area contributed by atoms with Crippen LogP contribution in [0.5, 0.6) is 0 Å². The van der Waals surface area contributed by atoms with Gasteiger partial charge in [0.15, 0.2) is 0 Å². The average Bonchev–Trinajstić information content (AvgIpc) is 3.09. The van der Waals surface area contributed by atoms with Crippen molar-refractivity contribution in [3.63, 3.8) is 0 Å². The fourth-order valence-corrected chi connectivity index (χ4v) is 2.85. The molecule has 0 amide bonds. The van der Waals surface area contributed by atoms with Crippen molar-refractivity contribution in [1.82, 2.24) is 30.0 Å². The Hall–Kier alpha value is -1.99. The van der Waals surface area contributed by atoms with Crippen LogP contribution in [0.4, 0.5) is 5.95 Å². The van der Waals surface area contributed by atoms with Crippen LogP contribution in [0.2, 0.25) is 0 Å². The summed E-state index contributed by atoms with van der Waals surface area (Å²) in [5.74, 6) is 0.845. The number of hydrogen-bond acceptors (Lipinski definition) is 6. The smallest absolute Gasteiger partial charge is 0.225 e. The third-order valence-electron chi connectivity index (χ3n) is 4.15. The van der Waals surface area contributed by atoms with E-state index in [1.807, 2.05) is 29.2 Å². The van der Waals surface area contributed by atoms with E-state index in [1.165, 1.54) is 0 Å². The van der Waals surface area contributed by atoms with Crippen LogP contribution < -0.4 is 10.2 Å². The van der Waals surface area contributed by atoms with Crippen LogP contribution in [0.25, 0.3) is 0 Å². The largest absolute Gasteiger partial charge is 0.338 e. The average molecular weight is 315 g/mol. The van der Waals surface area contributed by atoms with Crippen molar-refractivity contribution in [3.05, 3.63) is 36.9 Å². The van der Waals surface area contributed by atoms with Crippen LogP contribution in [-0.2, 0) is 6.54 Å². The zero-order chi connectivity index (χ0) is 15.9. The van der Waals surface area contributed by atoms with Gasteiger partial charge < -0.3 is 10.2 Å². The summed E-state index contributed by atoms with van der Waals surface area (Å²) < 4.78 is 1.97. The molecule has 1 unspecified atom stereocenters. The van der Waals surface area contributed by atoms with Gasteiger partial charge in [0.2, 0.25) is 5.95 Å². The molecule has 1 aliphatic rings. The lowest BCUT2D eigenvalue weighted by molar-refractivity contribution is 0.251. The number of nitrogens with zero attached hydrogens (tertiary/aromatic N) is 6. The quantitative estimate of drug-likeness (QED) is 0.802. The summed E-state index contributed by atoms with van der Waals surface area (Å²) in [6.07, 6.45) is 7.44. The topological polar surface area (TPSA) is 62.1 Å². The van der Waals surface area contributed by atoms with E-state index < -0.39 is 0 Å². The van der Waals surface area contributed by atoms with E-state index in [9.17, 15) is 0 Å². The van der Waals surface area contributed by atoms with Crippen LogP contribution in [0.15, 0.2) is 36.9 Å². The molecule has 2 aromatic heterocycles. The highest BCUT2D eigenvalue weighted by Crippen LogP contribution is 2.09. The van der Waals surface area contributed by atoms with Crippen molar-refractivity contribution in [2.24, 2.45) is 0 Å². The minimum absolute atomic E-state index is 0.425. The molecule has 1 fully saturated rings. The van der Waals surface area contributed by atoms with Crippen molar-refractivity contribution in [2.75, 3.05) is 44.2 Å². The SMILES string of the molecule is CC(Cn1cccn1)NCCN1CCN(c2ncccn2)CC1. The Morgan fingerprint density at radius 1 is 1.09 bits per heavy atom. The summed E-state index contributed by atoms with van der Waals surface area (Å²) in [7, 11) is 0. The van der Waals surface area contributed by atoms with Crippen molar-refractivity contribution < 1.29 is 0 Å². The van der Waals surface area contributed by atoms with Crippen molar-refractivity contribution >= 4 is 5.95 Å². The normalized spacial score (nSPS) is 17.3. The molecule has 3 rings (SSSR count). The maximum Gasteiger partial charge on any atom is 0.225 e. The molecule has 2 aromatic rings. The Morgan fingerprint density at radius 2 is 1.87 bits per heavy atom. The number of piperazine rings is 1. The highest BCUT2D eigenvalue weighted by atomic mass is 15.3. The maximum atomic E-state index is 4.32. The molecule has 0 aromatic carbocycles. The first-order chi connectivity index (χ1) is 11.3. The second-order valence-corrected chi connectivity index (χ2v) is 5.96. The Labute approximate surface area is 137 Å². The lowest BCUT2D eigenvalue weighted by Gasteiger charge is -2.34. The molecular formula is C16H25N7. The van der Waals surface area contributed by atoms with Gasteiger partial charge in [-0.2, -0.15) is 5.10 Å². The zero-order valence-electron chi connectivity index (χ0n) is 13.7. The van der Waals surface area contributed by atoms with Gasteiger partial charge in [-0.15, -0.1) is 0 Å². The summed E-state index contributed by atoms with van der Waals surface area (Å²) in [5.41, 5.74) is 0. The van der Waals surface area contributed by atoms with Crippen molar-refractivity contribution in [2.45, 2.75) is 19.5 Å². The van der Waals surface area contributed by atoms with Crippen LogP contribution in [0.1, 0.15) is 6.92 Å². The summed E-state index contributed by atoms with van der Waals surface area (Å²) >= 11 is 0. The maximum absolute atomic E-state index is 4.32. The summed E-state index contributed by atoms with van der Waals surface area (Å²) in [5, 5.41) is 7.81. The first kappa shape index (κ1) is 15.9. The second-order valence-electron chi connectivity index (χ2n) is 5.96. The monoisotopic (exact) mass is 315 g/mol. The molecule has 0 bridgehead atoms. The fourth-order valence-electron chi connectivity index (χ4n) is 2.85. The first-order valence-corrected chi connectivity index (χ1v) is 8.26. The van der Waals surface area contributed by atoms with E-state index in [2.05, 4.69) is 37.1 Å². The molecule has 0 spiro atoms. The molecule has 23 heavy (non-hydrogen) atoms. The highest BCUT2D eigenvalue weighted by molar-refractivity contribution is 5.29. The number of anilines is 1. The Kier molecular flexibility index (Phi) is 5.55. The van der Waals surface area contributed by atoms with Gasteiger partial charge in [-0.1, -0.05) is 0 Å². The zero-order valence-corrected chi connectivity index (χ0v) is 13.7. The first-order valence-electron chi connectivity index (χ1n) is 8.26. The van der Waals surface area contributed by atoms with E-state index in [0.29, 0.717) is 6.04 Å². The van der Waals surface area contributed by atoms with Crippen molar-refractivity contribution in [3.8, 4) is 0 Å². The van der Waals surface area contributed by atoms with Crippen LogP contribution in [0, 0.1) is 0 Å². The molecule has 7 heteroatoms. The number of nitrogens with one attached hydrogen (secondary N) is 1. The highest BCUT2D eigenvalue weighted by Gasteiger charge is 2.18. The molecule has 1 saturated heterocycles. The molecule has 1 N–H and O–H groups in total. The van der Waals surface area contributed by atoms with E-state index in [-0.39, 0.29) is 0 Å². The molecule has 1 aliphatic heterocycles. The van der Waals surface area contributed by atoms with E-state index in [1.54, 1.807) is 12.4 Å². The van der Waals surface area contributed by atoms with Gasteiger partial charge in [0, 0.05) is 70.1 Å². The van der Waals surface area contributed by atoms with Gasteiger partial charge in [0.25, 0.3) is 0 Å². The minimum atomic E-state index is 0.425. The molecule has 0 aliphatic carbocycles. The van der Waals surface area contributed by atoms with E-state index >= 15 is 0 Å². The third-order valence-corrected chi connectivity index (χ3v) is 4.15. The number of hydrogen-bond donors (Lipinski definition) is 1. The van der Waals surface area contributed by atoms with Gasteiger partial charge >= 0.3 is 0 Å². The lowest BCUT2D eigenvalue weighted by Crippen LogP contribution is -2.49. The predicted octanol–water partition coefficient (Wildman–Crippen LogP) is 0.473. The van der Waals surface area contributed by atoms with Gasteiger partial charge in [-0.3, -0.25) is 9.58 Å². The second kappa shape index (κ2) is 8.03. The molecule has 3 heterocycles. The standard InChI is InChI=1S/C16H25N7/c1-15(14-23-8-3-6-20-23)17-7-9-21-10-12-22(13-11-21)16-18-4-2-5-19-16/h2-6,8,15,17H,7,9-14H2,1H3. The Balaban J connectivity index is 1.33. The molecule has 0 saturated carbocycles. The molecule has 1 atom stereocenters. The molecule has 7 nitrogen and oxygen atoms in total. The molecular weight excluding hydrogens is 290 g/mol. The van der Waals surface area contributed by atoms with Gasteiger partial charge in [0.1, 0.15) is 0 Å². The third kappa shape index (κ3) is 4.74. The van der Waals surface area contributed by atoms with Gasteiger partial charge in [-0.05, 0) is 19.1 Å². The van der Waals surface area contributed by atoms with E-state index in [4.69, 9.17) is 0 Å².